The number of benzene rings is 2. The second-order valence-electron chi connectivity index (χ2n) is 6.88. The van der Waals surface area contributed by atoms with Gasteiger partial charge in [0.2, 0.25) is 0 Å². The fraction of sp³-hybridized carbons (Fsp3) is 0.286. The second-order valence-corrected chi connectivity index (χ2v) is 8.36. The molecule has 0 saturated heterocycles. The third-order valence-corrected chi connectivity index (χ3v) is 6.27. The maximum absolute atomic E-state index is 13.3. The number of hydrogen-bond acceptors (Lipinski definition) is 4. The van der Waals surface area contributed by atoms with E-state index in [-0.39, 0.29) is 11.5 Å². The van der Waals surface area contributed by atoms with Crippen molar-refractivity contribution in [3.05, 3.63) is 68.9 Å². The van der Waals surface area contributed by atoms with Crippen LogP contribution in [0.25, 0.3) is 10.9 Å². The lowest BCUT2D eigenvalue weighted by Gasteiger charge is -2.22. The van der Waals surface area contributed by atoms with Crippen LogP contribution in [0.15, 0.2) is 56.9 Å². The second kappa shape index (κ2) is 7.31. The van der Waals surface area contributed by atoms with E-state index in [0.29, 0.717) is 34.8 Å². The van der Waals surface area contributed by atoms with E-state index >= 15 is 0 Å². The van der Waals surface area contributed by atoms with Gasteiger partial charge in [0.05, 0.1) is 16.6 Å². The molecule has 0 radical (unpaired) electrons. The van der Waals surface area contributed by atoms with Gasteiger partial charge in [-0.2, -0.15) is 0 Å². The number of aromatic nitrogens is 2. The molecule has 1 aromatic heterocycles. The van der Waals surface area contributed by atoms with Gasteiger partial charge in [0.15, 0.2) is 0 Å². The van der Waals surface area contributed by atoms with Crippen LogP contribution in [0.4, 0.5) is 5.69 Å². The molecule has 2 heterocycles. The molecule has 1 N–H and O–H groups in total. The molecule has 0 saturated carbocycles. The monoisotopic (exact) mass is 395 g/mol. The van der Waals surface area contributed by atoms with E-state index in [1.54, 1.807) is 41.8 Å². The molecule has 3 aromatic rings. The lowest BCUT2D eigenvalue weighted by atomic mass is 10.1. The fourth-order valence-electron chi connectivity index (χ4n) is 3.53. The Morgan fingerprint density at radius 3 is 2.79 bits per heavy atom. The first-order valence-electron chi connectivity index (χ1n) is 9.34. The highest BCUT2D eigenvalue weighted by atomic mass is 32.2. The summed E-state index contributed by atoms with van der Waals surface area (Å²) in [5.41, 5.74) is 0.930. The molecule has 7 heteroatoms. The van der Waals surface area contributed by atoms with Crippen molar-refractivity contribution >= 4 is 34.3 Å². The summed E-state index contributed by atoms with van der Waals surface area (Å²) in [4.78, 5) is 43.5. The topological polar surface area (TPSA) is 75.2 Å². The molecule has 0 bridgehead atoms. The molecule has 6 nitrogen and oxygen atoms in total. The van der Waals surface area contributed by atoms with E-state index in [1.165, 1.54) is 0 Å². The average molecular weight is 395 g/mol. The summed E-state index contributed by atoms with van der Waals surface area (Å²) in [7, 11) is 0. The number of aromatic amines is 1. The number of para-hydroxylation sites is 1. The smallest absolute Gasteiger partial charge is 0.307 e. The zero-order valence-corrected chi connectivity index (χ0v) is 16.6. The summed E-state index contributed by atoms with van der Waals surface area (Å²) in [6.45, 7) is 4.83. The minimum Gasteiger partial charge on any atom is -0.307 e. The molecule has 1 aliphatic heterocycles. The molecule has 144 valence electrons. The summed E-state index contributed by atoms with van der Waals surface area (Å²) in [6, 6.07) is 12.8. The van der Waals surface area contributed by atoms with E-state index in [4.69, 9.17) is 0 Å². The Kier molecular flexibility index (Phi) is 4.85. The standard InChI is InChI=1S/C21H21N3O3S/c1-3-23-20(26)15-9-8-14(12-16(15)22-21(23)27)19(25)24-11-10-13(2)28-18-7-5-4-6-17(18)24/h4-9,12-13H,3,10-11H2,1-2H3,(H,22,27). The number of fused-ring (bicyclic) bond motifs is 2. The SMILES string of the molecule is CCn1c(=O)[nH]c2cc(C(=O)N3CCC(C)Sc4ccccc43)ccc2c1=O. The molecular weight excluding hydrogens is 374 g/mol. The van der Waals surface area contributed by atoms with Crippen LogP contribution in [0.5, 0.6) is 0 Å². The fourth-order valence-corrected chi connectivity index (χ4v) is 4.64. The number of anilines is 1. The Bertz CT molecular complexity index is 1180. The maximum atomic E-state index is 13.3. The number of nitrogens with one attached hydrogen (secondary N) is 1. The zero-order valence-electron chi connectivity index (χ0n) is 15.8. The molecule has 1 atom stereocenters. The first-order valence-corrected chi connectivity index (χ1v) is 10.2. The number of hydrogen-bond donors (Lipinski definition) is 1. The van der Waals surface area contributed by atoms with E-state index in [1.807, 2.05) is 24.3 Å². The molecule has 1 amide bonds. The lowest BCUT2D eigenvalue weighted by molar-refractivity contribution is 0.0986. The van der Waals surface area contributed by atoms with Crippen molar-refractivity contribution in [3.63, 3.8) is 0 Å². The first-order chi connectivity index (χ1) is 13.5. The number of thioether (sulfide) groups is 1. The predicted octanol–water partition coefficient (Wildman–Crippen LogP) is 3.24. The zero-order chi connectivity index (χ0) is 19.8. The van der Waals surface area contributed by atoms with Crippen molar-refractivity contribution in [3.8, 4) is 0 Å². The molecule has 0 spiro atoms. The van der Waals surface area contributed by atoms with Gasteiger partial charge in [0.1, 0.15) is 0 Å². The van der Waals surface area contributed by atoms with Gasteiger partial charge in [-0.15, -0.1) is 11.8 Å². The Morgan fingerprint density at radius 1 is 1.21 bits per heavy atom. The largest absolute Gasteiger partial charge is 0.328 e. The summed E-state index contributed by atoms with van der Waals surface area (Å²) in [5, 5.41) is 0.817. The van der Waals surface area contributed by atoms with E-state index in [2.05, 4.69) is 11.9 Å². The Hall–Kier alpha value is -2.80. The molecule has 0 fully saturated rings. The third kappa shape index (κ3) is 3.16. The summed E-state index contributed by atoms with van der Waals surface area (Å²) < 4.78 is 1.15. The molecule has 1 aliphatic rings. The van der Waals surface area contributed by atoms with Crippen molar-refractivity contribution in [1.82, 2.24) is 9.55 Å². The minimum atomic E-state index is -0.463. The average Bonchev–Trinajstić information content (AvgIpc) is 2.85. The number of nitrogens with zero attached hydrogens (tertiary/aromatic N) is 2. The third-order valence-electron chi connectivity index (χ3n) is 5.03. The van der Waals surface area contributed by atoms with E-state index in [9.17, 15) is 14.4 Å². The minimum absolute atomic E-state index is 0.135. The van der Waals surface area contributed by atoms with Gasteiger partial charge < -0.3 is 9.88 Å². The lowest BCUT2D eigenvalue weighted by Crippen LogP contribution is -2.35. The van der Waals surface area contributed by atoms with Gasteiger partial charge in [-0.3, -0.25) is 14.2 Å². The highest BCUT2D eigenvalue weighted by molar-refractivity contribution is 8.00. The van der Waals surface area contributed by atoms with Crippen LogP contribution < -0.4 is 16.1 Å². The molecule has 0 aliphatic carbocycles. The van der Waals surface area contributed by atoms with Crippen molar-refractivity contribution in [2.24, 2.45) is 0 Å². The van der Waals surface area contributed by atoms with Crippen molar-refractivity contribution in [2.45, 2.75) is 37.0 Å². The highest BCUT2D eigenvalue weighted by Crippen LogP contribution is 2.37. The Labute approximate surface area is 166 Å². The molecule has 4 rings (SSSR count). The van der Waals surface area contributed by atoms with Gasteiger partial charge in [-0.05, 0) is 43.7 Å². The predicted molar refractivity (Wildman–Crippen MR) is 113 cm³/mol. The molecule has 2 aromatic carbocycles. The van der Waals surface area contributed by atoms with Gasteiger partial charge >= 0.3 is 5.69 Å². The Morgan fingerprint density at radius 2 is 2.00 bits per heavy atom. The number of carbonyl (C=O) groups is 1. The normalized spacial score (nSPS) is 16.6. The maximum Gasteiger partial charge on any atom is 0.328 e. The molecule has 28 heavy (non-hydrogen) atoms. The Balaban J connectivity index is 1.79. The van der Waals surface area contributed by atoms with Gasteiger partial charge in [0.25, 0.3) is 11.5 Å². The highest BCUT2D eigenvalue weighted by Gasteiger charge is 2.25. The van der Waals surface area contributed by atoms with E-state index < -0.39 is 5.69 Å². The molecular formula is C21H21N3O3S. The number of amides is 1. The number of rotatable bonds is 2. The first kappa shape index (κ1) is 18.6. The summed E-state index contributed by atoms with van der Waals surface area (Å²) >= 11 is 1.77. The summed E-state index contributed by atoms with van der Waals surface area (Å²) in [6.07, 6.45) is 0.886. The quantitative estimate of drug-likeness (QED) is 0.723. The van der Waals surface area contributed by atoms with Gasteiger partial charge in [-0.1, -0.05) is 19.1 Å². The van der Waals surface area contributed by atoms with Crippen LogP contribution in [0.3, 0.4) is 0 Å². The number of H-pyrrole nitrogens is 1. The van der Waals surface area contributed by atoms with Crippen LogP contribution in [0.2, 0.25) is 0 Å². The van der Waals surface area contributed by atoms with Crippen LogP contribution in [0, 0.1) is 0 Å². The molecule has 1 unspecified atom stereocenters. The van der Waals surface area contributed by atoms with Crippen LogP contribution >= 0.6 is 11.8 Å². The van der Waals surface area contributed by atoms with Gasteiger partial charge in [-0.25, -0.2) is 4.79 Å². The van der Waals surface area contributed by atoms with Crippen molar-refractivity contribution in [1.29, 1.82) is 0 Å². The van der Waals surface area contributed by atoms with Crippen LogP contribution in [0.1, 0.15) is 30.6 Å². The summed E-state index contributed by atoms with van der Waals surface area (Å²) in [5.74, 6) is -0.135. The number of carbonyl (C=O) groups excluding carboxylic acids is 1. The van der Waals surface area contributed by atoms with Crippen molar-refractivity contribution < 1.29 is 4.79 Å². The van der Waals surface area contributed by atoms with E-state index in [0.717, 1.165) is 21.6 Å². The van der Waals surface area contributed by atoms with Gasteiger partial charge in [0, 0.05) is 28.8 Å². The van der Waals surface area contributed by atoms with Crippen molar-refractivity contribution in [2.75, 3.05) is 11.4 Å². The van der Waals surface area contributed by atoms with Crippen LogP contribution in [-0.4, -0.2) is 27.3 Å². The van der Waals surface area contributed by atoms with Crippen LogP contribution in [-0.2, 0) is 6.54 Å².